The number of amides is 1. The largest absolute Gasteiger partial charge is 0.397 e. The number of rotatable bonds is 3. The second-order valence-corrected chi connectivity index (χ2v) is 4.75. The number of anilines is 2. The minimum atomic E-state index is -0.509. The molecule has 1 saturated heterocycles. The SMILES string of the molecule is CN1CCC(Nc2ncc(N)cc2C(N)=O)CC1. The van der Waals surface area contributed by atoms with Crippen molar-refractivity contribution in [2.24, 2.45) is 5.73 Å². The third-order valence-corrected chi connectivity index (χ3v) is 3.23. The number of nitrogens with one attached hydrogen (secondary N) is 1. The molecule has 0 aromatic carbocycles. The second-order valence-electron chi connectivity index (χ2n) is 4.75. The number of primary amides is 1. The predicted octanol–water partition coefficient (Wildman–Crippen LogP) is 0.269. The molecule has 1 aliphatic heterocycles. The van der Waals surface area contributed by atoms with Gasteiger partial charge in [-0.2, -0.15) is 0 Å². The average Bonchev–Trinajstić information content (AvgIpc) is 2.34. The number of aromatic nitrogens is 1. The monoisotopic (exact) mass is 249 g/mol. The summed E-state index contributed by atoms with van der Waals surface area (Å²) in [7, 11) is 2.10. The number of pyridine rings is 1. The van der Waals surface area contributed by atoms with E-state index in [1.54, 1.807) is 6.07 Å². The molecule has 1 aromatic heterocycles. The molecule has 1 aromatic rings. The lowest BCUT2D eigenvalue weighted by Gasteiger charge is -2.30. The topological polar surface area (TPSA) is 97.3 Å². The van der Waals surface area contributed by atoms with Gasteiger partial charge in [-0.1, -0.05) is 0 Å². The van der Waals surface area contributed by atoms with E-state index in [1.807, 2.05) is 0 Å². The molecule has 18 heavy (non-hydrogen) atoms. The second kappa shape index (κ2) is 5.22. The quantitative estimate of drug-likeness (QED) is 0.714. The van der Waals surface area contributed by atoms with Crippen molar-refractivity contribution in [2.45, 2.75) is 18.9 Å². The van der Waals surface area contributed by atoms with Gasteiger partial charge in [0.25, 0.3) is 5.91 Å². The molecule has 0 spiro atoms. The number of piperidine rings is 1. The minimum Gasteiger partial charge on any atom is -0.397 e. The van der Waals surface area contributed by atoms with Gasteiger partial charge in [0.05, 0.1) is 17.4 Å². The number of nitrogens with two attached hydrogens (primary N) is 2. The summed E-state index contributed by atoms with van der Waals surface area (Å²) in [6.07, 6.45) is 3.59. The van der Waals surface area contributed by atoms with Crippen molar-refractivity contribution in [3.8, 4) is 0 Å². The van der Waals surface area contributed by atoms with Crippen LogP contribution in [-0.2, 0) is 0 Å². The predicted molar refractivity (Wildman–Crippen MR) is 71.3 cm³/mol. The van der Waals surface area contributed by atoms with Gasteiger partial charge in [-0.15, -0.1) is 0 Å². The van der Waals surface area contributed by atoms with Crippen molar-refractivity contribution in [1.29, 1.82) is 0 Å². The van der Waals surface area contributed by atoms with Crippen LogP contribution in [0.2, 0.25) is 0 Å². The molecule has 6 heteroatoms. The van der Waals surface area contributed by atoms with E-state index in [-0.39, 0.29) is 0 Å². The van der Waals surface area contributed by atoms with Crippen LogP contribution < -0.4 is 16.8 Å². The van der Waals surface area contributed by atoms with Crippen LogP contribution in [-0.4, -0.2) is 42.0 Å². The molecule has 0 aliphatic carbocycles. The smallest absolute Gasteiger partial charge is 0.252 e. The number of hydrogen-bond acceptors (Lipinski definition) is 5. The lowest BCUT2D eigenvalue weighted by molar-refractivity contribution is 0.100. The maximum absolute atomic E-state index is 11.3. The van der Waals surface area contributed by atoms with Gasteiger partial charge in [-0.05, 0) is 39.0 Å². The van der Waals surface area contributed by atoms with E-state index in [9.17, 15) is 4.79 Å². The van der Waals surface area contributed by atoms with Crippen molar-refractivity contribution in [3.63, 3.8) is 0 Å². The number of likely N-dealkylation sites (tertiary alicyclic amines) is 1. The third kappa shape index (κ3) is 2.89. The van der Waals surface area contributed by atoms with Gasteiger partial charge < -0.3 is 21.7 Å². The highest BCUT2D eigenvalue weighted by atomic mass is 16.1. The highest BCUT2D eigenvalue weighted by molar-refractivity contribution is 5.98. The Kier molecular flexibility index (Phi) is 3.66. The van der Waals surface area contributed by atoms with Crippen LogP contribution in [0.5, 0.6) is 0 Å². The highest BCUT2D eigenvalue weighted by Gasteiger charge is 2.19. The summed E-state index contributed by atoms with van der Waals surface area (Å²) < 4.78 is 0. The molecule has 6 nitrogen and oxygen atoms in total. The highest BCUT2D eigenvalue weighted by Crippen LogP contribution is 2.19. The van der Waals surface area contributed by atoms with Gasteiger partial charge in [0.2, 0.25) is 0 Å². The average molecular weight is 249 g/mol. The Morgan fingerprint density at radius 2 is 2.17 bits per heavy atom. The summed E-state index contributed by atoms with van der Waals surface area (Å²) in [6.45, 7) is 2.08. The van der Waals surface area contributed by atoms with E-state index in [2.05, 4.69) is 22.2 Å². The van der Waals surface area contributed by atoms with Gasteiger partial charge in [-0.3, -0.25) is 4.79 Å². The molecule has 1 aliphatic rings. The lowest BCUT2D eigenvalue weighted by atomic mass is 10.1. The Hall–Kier alpha value is -1.82. The minimum absolute atomic E-state index is 0.329. The zero-order valence-corrected chi connectivity index (χ0v) is 10.5. The standard InChI is InChI=1S/C12H19N5O/c1-17-4-2-9(3-5-17)16-12-10(11(14)18)6-8(13)7-15-12/h6-7,9H,2-5,13H2,1H3,(H2,14,18)(H,15,16). The number of carbonyl (C=O) groups is 1. The van der Waals surface area contributed by atoms with Crippen molar-refractivity contribution < 1.29 is 4.79 Å². The number of nitrogens with zero attached hydrogens (tertiary/aromatic N) is 2. The van der Waals surface area contributed by atoms with Crippen molar-refractivity contribution >= 4 is 17.4 Å². The first kappa shape index (κ1) is 12.6. The molecule has 0 unspecified atom stereocenters. The van der Waals surface area contributed by atoms with E-state index >= 15 is 0 Å². The third-order valence-electron chi connectivity index (χ3n) is 3.23. The van der Waals surface area contributed by atoms with Gasteiger partial charge in [0.15, 0.2) is 0 Å². The molecule has 2 heterocycles. The molecule has 0 saturated carbocycles. The number of carbonyl (C=O) groups excluding carboxylic acids is 1. The molecular formula is C12H19N5O. The fraction of sp³-hybridized carbons (Fsp3) is 0.500. The Labute approximate surface area is 106 Å². The molecule has 1 fully saturated rings. The van der Waals surface area contributed by atoms with Crippen LogP contribution in [0.25, 0.3) is 0 Å². The number of nitrogen functional groups attached to an aromatic ring is 1. The summed E-state index contributed by atoms with van der Waals surface area (Å²) in [4.78, 5) is 17.8. The molecule has 0 bridgehead atoms. The van der Waals surface area contributed by atoms with Crippen LogP contribution in [0.15, 0.2) is 12.3 Å². The fourth-order valence-electron chi connectivity index (χ4n) is 2.13. The van der Waals surface area contributed by atoms with Crippen LogP contribution in [0.3, 0.4) is 0 Å². The molecular weight excluding hydrogens is 230 g/mol. The van der Waals surface area contributed by atoms with Gasteiger partial charge in [0.1, 0.15) is 5.82 Å². The summed E-state index contributed by atoms with van der Waals surface area (Å²) >= 11 is 0. The van der Waals surface area contributed by atoms with E-state index in [0.717, 1.165) is 25.9 Å². The first-order valence-corrected chi connectivity index (χ1v) is 6.06. The van der Waals surface area contributed by atoms with E-state index in [0.29, 0.717) is 23.1 Å². The van der Waals surface area contributed by atoms with Crippen LogP contribution in [0.1, 0.15) is 23.2 Å². The molecule has 0 atom stereocenters. The Bertz CT molecular complexity index is 440. The van der Waals surface area contributed by atoms with Gasteiger partial charge in [0, 0.05) is 6.04 Å². The molecule has 1 amide bonds. The fourth-order valence-corrected chi connectivity index (χ4v) is 2.13. The molecule has 5 N–H and O–H groups in total. The summed E-state index contributed by atoms with van der Waals surface area (Å²) in [5.74, 6) is 0.0245. The van der Waals surface area contributed by atoms with Crippen molar-refractivity contribution in [3.05, 3.63) is 17.8 Å². The Morgan fingerprint density at radius 1 is 1.50 bits per heavy atom. The molecule has 98 valence electrons. The van der Waals surface area contributed by atoms with E-state index in [4.69, 9.17) is 11.5 Å². The molecule has 2 rings (SSSR count). The van der Waals surface area contributed by atoms with Crippen LogP contribution >= 0.6 is 0 Å². The lowest BCUT2D eigenvalue weighted by Crippen LogP contribution is -2.37. The maximum Gasteiger partial charge on any atom is 0.252 e. The Balaban J connectivity index is 2.11. The van der Waals surface area contributed by atoms with Crippen molar-refractivity contribution in [1.82, 2.24) is 9.88 Å². The summed E-state index contributed by atoms with van der Waals surface area (Å²) in [5.41, 5.74) is 11.7. The van der Waals surface area contributed by atoms with Gasteiger partial charge >= 0.3 is 0 Å². The zero-order chi connectivity index (χ0) is 13.1. The van der Waals surface area contributed by atoms with E-state index < -0.39 is 5.91 Å². The number of hydrogen-bond donors (Lipinski definition) is 3. The van der Waals surface area contributed by atoms with Crippen LogP contribution in [0, 0.1) is 0 Å². The summed E-state index contributed by atoms with van der Waals surface area (Å²) in [5, 5.41) is 3.28. The van der Waals surface area contributed by atoms with Gasteiger partial charge in [-0.25, -0.2) is 4.98 Å². The van der Waals surface area contributed by atoms with Crippen LogP contribution in [0.4, 0.5) is 11.5 Å². The van der Waals surface area contributed by atoms with Crippen molar-refractivity contribution in [2.75, 3.05) is 31.2 Å². The zero-order valence-electron chi connectivity index (χ0n) is 10.5. The van der Waals surface area contributed by atoms with E-state index in [1.165, 1.54) is 6.20 Å². The first-order chi connectivity index (χ1) is 8.56. The maximum atomic E-state index is 11.3. The Morgan fingerprint density at radius 3 is 2.78 bits per heavy atom. The summed E-state index contributed by atoms with van der Waals surface area (Å²) in [6, 6.07) is 1.89. The molecule has 0 radical (unpaired) electrons. The normalized spacial score (nSPS) is 17.6. The first-order valence-electron chi connectivity index (χ1n) is 6.06.